The van der Waals surface area contributed by atoms with Gasteiger partial charge < -0.3 is 11.5 Å². The topological polar surface area (TPSA) is 120 Å². The second-order valence-corrected chi connectivity index (χ2v) is 10.6. The number of hydrogen-bond acceptors (Lipinski definition) is 8. The maximum atomic E-state index is 13.1. The first kappa shape index (κ1) is 24.0. The lowest BCUT2D eigenvalue weighted by molar-refractivity contribution is 0.0979. The summed E-state index contributed by atoms with van der Waals surface area (Å²) in [6.07, 6.45) is 0. The van der Waals surface area contributed by atoms with Crippen molar-refractivity contribution in [3.05, 3.63) is 128 Å². The van der Waals surface area contributed by atoms with Crippen LogP contribution in [-0.2, 0) is 0 Å². The molecule has 4 aromatic carbocycles. The van der Waals surface area contributed by atoms with Crippen molar-refractivity contribution in [1.82, 2.24) is 0 Å². The van der Waals surface area contributed by atoms with Gasteiger partial charge in [0.15, 0.2) is 23.1 Å². The Bertz CT molecular complexity index is 1650. The van der Waals surface area contributed by atoms with Crippen molar-refractivity contribution in [1.29, 1.82) is 0 Å². The molecule has 2 aliphatic carbocycles. The van der Waals surface area contributed by atoms with Crippen LogP contribution in [0.3, 0.4) is 0 Å². The van der Waals surface area contributed by atoms with Crippen LogP contribution in [0.15, 0.2) is 93.4 Å². The van der Waals surface area contributed by atoms with Gasteiger partial charge in [0.2, 0.25) is 0 Å². The fraction of sp³-hybridized carbons (Fsp3) is 0. The van der Waals surface area contributed by atoms with Crippen LogP contribution < -0.4 is 11.5 Å². The molecule has 0 radical (unpaired) electrons. The normalized spacial score (nSPS) is 13.8. The van der Waals surface area contributed by atoms with Gasteiger partial charge in [-0.05, 0) is 35.1 Å². The van der Waals surface area contributed by atoms with E-state index < -0.39 is 0 Å². The smallest absolute Gasteiger partial charge is 0.196 e. The monoisotopic (exact) mass is 534 g/mol. The molecule has 184 valence electrons. The van der Waals surface area contributed by atoms with Crippen LogP contribution in [-0.4, -0.2) is 23.1 Å². The van der Waals surface area contributed by atoms with Crippen molar-refractivity contribution >= 4 is 58.0 Å². The van der Waals surface area contributed by atoms with Crippen LogP contribution in [0.25, 0.3) is 0 Å². The van der Waals surface area contributed by atoms with Gasteiger partial charge in [-0.1, -0.05) is 72.1 Å². The molecule has 0 saturated heterocycles. The van der Waals surface area contributed by atoms with Gasteiger partial charge in [-0.2, -0.15) is 0 Å². The maximum Gasteiger partial charge on any atom is 0.196 e. The fourth-order valence-electron chi connectivity index (χ4n) is 4.79. The standard InChI is InChI=1S/C30H18N2O4S2/c31-25-21(11-9-19-23(25)29(35)17-7-3-1-5-15(17)27(19)33)37-13-14-38-22-12-10-20-24(26(22)32)30(36)18-8-4-2-6-16(18)28(20)34/h1-14H,31-32H2/b14-13+. The minimum Gasteiger partial charge on any atom is -0.397 e. The van der Waals surface area contributed by atoms with Crippen LogP contribution in [0.2, 0.25) is 0 Å². The molecule has 6 nitrogen and oxygen atoms in total. The number of carbonyl (C=O) groups excluding carboxylic acids is 4. The molecule has 38 heavy (non-hydrogen) atoms. The highest BCUT2D eigenvalue weighted by Crippen LogP contribution is 2.39. The molecule has 0 spiro atoms. The quantitative estimate of drug-likeness (QED) is 0.216. The number of anilines is 2. The highest BCUT2D eigenvalue weighted by Gasteiger charge is 2.33. The summed E-state index contributed by atoms with van der Waals surface area (Å²) in [5.74, 6) is -0.974. The van der Waals surface area contributed by atoms with Gasteiger partial charge in [-0.15, -0.1) is 0 Å². The van der Waals surface area contributed by atoms with Crippen molar-refractivity contribution in [3.63, 3.8) is 0 Å². The number of benzene rings is 4. The van der Waals surface area contributed by atoms with Crippen molar-refractivity contribution < 1.29 is 19.2 Å². The first-order valence-corrected chi connectivity index (χ1v) is 13.3. The van der Waals surface area contributed by atoms with E-state index in [0.29, 0.717) is 43.2 Å². The lowest BCUT2D eigenvalue weighted by atomic mass is 9.83. The molecule has 4 N–H and O–H groups in total. The third-order valence-electron chi connectivity index (χ3n) is 6.63. The van der Waals surface area contributed by atoms with E-state index in [4.69, 9.17) is 11.5 Å². The summed E-state index contributed by atoms with van der Waals surface area (Å²) in [7, 11) is 0. The average Bonchev–Trinajstić information content (AvgIpc) is 2.94. The second-order valence-electron chi connectivity index (χ2n) is 8.72. The molecular weight excluding hydrogens is 516 g/mol. The summed E-state index contributed by atoms with van der Waals surface area (Å²) < 4.78 is 0. The van der Waals surface area contributed by atoms with Crippen LogP contribution in [0.4, 0.5) is 11.4 Å². The third-order valence-corrected chi connectivity index (χ3v) is 8.57. The maximum absolute atomic E-state index is 13.1. The van der Waals surface area contributed by atoms with Crippen LogP contribution in [0, 0.1) is 0 Å². The molecule has 2 aliphatic rings. The number of nitrogen functional groups attached to an aromatic ring is 2. The van der Waals surface area contributed by atoms with E-state index in [-0.39, 0.29) is 45.6 Å². The van der Waals surface area contributed by atoms with E-state index >= 15 is 0 Å². The van der Waals surface area contributed by atoms with Gasteiger partial charge in [-0.25, -0.2) is 0 Å². The van der Waals surface area contributed by atoms with Crippen molar-refractivity contribution in [2.75, 3.05) is 11.5 Å². The number of ketones is 4. The minimum atomic E-state index is -0.267. The third kappa shape index (κ3) is 3.60. The summed E-state index contributed by atoms with van der Waals surface area (Å²) in [6, 6.07) is 20.2. The molecule has 8 heteroatoms. The molecule has 0 aliphatic heterocycles. The van der Waals surface area contributed by atoms with Gasteiger partial charge in [0.25, 0.3) is 0 Å². The first-order chi connectivity index (χ1) is 18.4. The Hall–Kier alpha value is -4.40. The van der Waals surface area contributed by atoms with Crippen molar-refractivity contribution in [3.8, 4) is 0 Å². The molecule has 0 bridgehead atoms. The van der Waals surface area contributed by atoms with E-state index in [2.05, 4.69) is 0 Å². The number of carbonyl (C=O) groups is 4. The summed E-state index contributed by atoms with van der Waals surface area (Å²) >= 11 is 2.60. The van der Waals surface area contributed by atoms with Gasteiger partial charge in [-0.3, -0.25) is 19.2 Å². The largest absolute Gasteiger partial charge is 0.397 e. The SMILES string of the molecule is Nc1c(S/C=C/Sc2ccc3c(c2N)C(=O)c2ccccc2C3=O)ccc2c1C(=O)c1ccccc1C2=O. The molecule has 0 fully saturated rings. The van der Waals surface area contributed by atoms with Crippen molar-refractivity contribution in [2.45, 2.75) is 9.79 Å². The van der Waals surface area contributed by atoms with Gasteiger partial charge >= 0.3 is 0 Å². The first-order valence-electron chi connectivity index (χ1n) is 11.6. The summed E-state index contributed by atoms with van der Waals surface area (Å²) in [6.45, 7) is 0. The highest BCUT2D eigenvalue weighted by molar-refractivity contribution is 8.05. The van der Waals surface area contributed by atoms with E-state index in [9.17, 15) is 19.2 Å². The number of hydrogen-bond donors (Lipinski definition) is 2. The Balaban J connectivity index is 1.24. The summed E-state index contributed by atoms with van der Waals surface area (Å²) in [4.78, 5) is 53.2. The van der Waals surface area contributed by atoms with Crippen molar-refractivity contribution in [2.24, 2.45) is 0 Å². The predicted molar refractivity (Wildman–Crippen MR) is 149 cm³/mol. The number of rotatable bonds is 4. The van der Waals surface area contributed by atoms with Crippen LogP contribution in [0.5, 0.6) is 0 Å². The van der Waals surface area contributed by atoms with E-state index in [1.54, 1.807) is 83.6 Å². The highest BCUT2D eigenvalue weighted by atomic mass is 32.2. The molecule has 0 saturated carbocycles. The fourth-order valence-corrected chi connectivity index (χ4v) is 6.28. The molecule has 0 unspecified atom stereocenters. The Morgan fingerprint density at radius 3 is 1.16 bits per heavy atom. The second kappa shape index (κ2) is 9.16. The van der Waals surface area contributed by atoms with E-state index in [0.717, 1.165) is 0 Å². The molecule has 0 amide bonds. The zero-order valence-electron chi connectivity index (χ0n) is 19.7. The van der Waals surface area contributed by atoms with Crippen LogP contribution in [0.1, 0.15) is 63.7 Å². The number of nitrogens with two attached hydrogens (primary N) is 2. The van der Waals surface area contributed by atoms with Gasteiger partial charge in [0, 0.05) is 43.2 Å². The van der Waals surface area contributed by atoms with Gasteiger partial charge in [0.1, 0.15) is 0 Å². The Kier molecular flexibility index (Phi) is 5.78. The number of thioether (sulfide) groups is 2. The predicted octanol–water partition coefficient (Wildman–Crippen LogP) is 5.76. The summed E-state index contributed by atoms with van der Waals surface area (Å²) in [5.41, 5.74) is 15.7. The Morgan fingerprint density at radius 2 is 0.789 bits per heavy atom. The van der Waals surface area contributed by atoms with Crippen LogP contribution >= 0.6 is 23.5 Å². The average molecular weight is 535 g/mol. The zero-order chi connectivity index (χ0) is 26.6. The Morgan fingerprint density at radius 1 is 0.447 bits per heavy atom. The van der Waals surface area contributed by atoms with Gasteiger partial charge in [0.05, 0.1) is 22.5 Å². The zero-order valence-corrected chi connectivity index (χ0v) is 21.3. The summed E-state index contributed by atoms with van der Waals surface area (Å²) in [5, 5.41) is 3.57. The molecule has 0 atom stereocenters. The minimum absolute atomic E-state index is 0.219. The van der Waals surface area contributed by atoms with E-state index in [1.807, 2.05) is 0 Å². The molecule has 0 heterocycles. The lowest BCUT2D eigenvalue weighted by Gasteiger charge is -2.20. The number of fused-ring (bicyclic) bond motifs is 4. The lowest BCUT2D eigenvalue weighted by Crippen LogP contribution is -2.22. The van der Waals surface area contributed by atoms with E-state index in [1.165, 1.54) is 23.5 Å². The Labute approximate surface area is 226 Å². The molecule has 4 aromatic rings. The molecule has 0 aromatic heterocycles. The molecular formula is C30H18N2O4S2. The molecule has 6 rings (SSSR count).